The standard InChI is InChI=1S/C16H20N4O2/c1-10(11-3-6-13(22-2)7-4-11)17-16(21)12-5-8-14-15(9-12)19-20-18-14/h3-4,6-7,10,12H,5,8-9H2,1-2H3,(H,17,21)(H,18,19,20). The number of aromatic nitrogens is 3. The first-order valence-corrected chi connectivity index (χ1v) is 7.50. The monoisotopic (exact) mass is 300 g/mol. The van der Waals surface area contributed by atoms with Gasteiger partial charge in [-0.25, -0.2) is 0 Å². The molecule has 6 nitrogen and oxygen atoms in total. The summed E-state index contributed by atoms with van der Waals surface area (Å²) in [5.74, 6) is 0.864. The van der Waals surface area contributed by atoms with Gasteiger partial charge in [-0.15, -0.1) is 0 Å². The average molecular weight is 300 g/mol. The number of benzene rings is 1. The Hall–Kier alpha value is -2.37. The van der Waals surface area contributed by atoms with E-state index in [9.17, 15) is 4.79 Å². The summed E-state index contributed by atoms with van der Waals surface area (Å²) in [4.78, 5) is 12.4. The van der Waals surface area contributed by atoms with Gasteiger partial charge in [0, 0.05) is 12.3 Å². The molecule has 2 unspecified atom stereocenters. The number of fused-ring (bicyclic) bond motifs is 1. The smallest absolute Gasteiger partial charge is 0.223 e. The number of rotatable bonds is 4. The molecule has 0 fully saturated rings. The number of aromatic amines is 1. The van der Waals surface area contributed by atoms with Crippen molar-refractivity contribution >= 4 is 5.91 Å². The summed E-state index contributed by atoms with van der Waals surface area (Å²) in [6.45, 7) is 1.99. The van der Waals surface area contributed by atoms with E-state index in [1.54, 1.807) is 7.11 Å². The molecule has 1 amide bonds. The maximum Gasteiger partial charge on any atom is 0.223 e. The molecule has 1 aromatic heterocycles. The van der Waals surface area contributed by atoms with Crippen molar-refractivity contribution < 1.29 is 9.53 Å². The summed E-state index contributed by atoms with van der Waals surface area (Å²) in [6.07, 6.45) is 2.29. The first-order chi connectivity index (χ1) is 10.7. The summed E-state index contributed by atoms with van der Waals surface area (Å²) in [5, 5.41) is 13.9. The second kappa shape index (κ2) is 6.17. The van der Waals surface area contributed by atoms with Crippen LogP contribution in [-0.4, -0.2) is 28.4 Å². The predicted molar refractivity (Wildman–Crippen MR) is 81.4 cm³/mol. The summed E-state index contributed by atoms with van der Waals surface area (Å²) < 4.78 is 5.15. The van der Waals surface area contributed by atoms with E-state index in [4.69, 9.17) is 4.74 Å². The Morgan fingerprint density at radius 1 is 1.32 bits per heavy atom. The minimum absolute atomic E-state index is 0.0294. The number of aryl methyl sites for hydroxylation is 1. The van der Waals surface area contributed by atoms with Crippen LogP contribution < -0.4 is 10.1 Å². The van der Waals surface area contributed by atoms with Gasteiger partial charge in [-0.3, -0.25) is 4.79 Å². The van der Waals surface area contributed by atoms with Crippen molar-refractivity contribution in [2.75, 3.05) is 7.11 Å². The number of H-pyrrole nitrogens is 1. The number of hydrogen-bond donors (Lipinski definition) is 2. The average Bonchev–Trinajstić information content (AvgIpc) is 3.02. The van der Waals surface area contributed by atoms with Gasteiger partial charge in [-0.1, -0.05) is 12.1 Å². The quantitative estimate of drug-likeness (QED) is 0.902. The van der Waals surface area contributed by atoms with Crippen molar-refractivity contribution in [1.29, 1.82) is 0 Å². The Bertz CT molecular complexity index is 650. The van der Waals surface area contributed by atoms with E-state index in [1.165, 1.54) is 0 Å². The summed E-state index contributed by atoms with van der Waals surface area (Å²) in [5.41, 5.74) is 2.97. The number of ether oxygens (including phenoxy) is 1. The molecule has 0 aliphatic heterocycles. The molecule has 116 valence electrons. The summed E-state index contributed by atoms with van der Waals surface area (Å²) >= 11 is 0. The second-order valence-electron chi connectivity index (χ2n) is 5.66. The van der Waals surface area contributed by atoms with Crippen LogP contribution in [-0.2, 0) is 17.6 Å². The van der Waals surface area contributed by atoms with Crippen molar-refractivity contribution in [2.24, 2.45) is 5.92 Å². The maximum atomic E-state index is 12.4. The molecule has 2 N–H and O–H groups in total. The van der Waals surface area contributed by atoms with Crippen molar-refractivity contribution in [3.05, 3.63) is 41.2 Å². The SMILES string of the molecule is COc1ccc(C(C)NC(=O)C2CCc3n[nH]nc3C2)cc1. The lowest BCUT2D eigenvalue weighted by Gasteiger charge is -2.22. The Kier molecular flexibility index (Phi) is 4.09. The van der Waals surface area contributed by atoms with Gasteiger partial charge >= 0.3 is 0 Å². The van der Waals surface area contributed by atoms with E-state index >= 15 is 0 Å². The number of carbonyl (C=O) groups is 1. The van der Waals surface area contributed by atoms with Gasteiger partial charge in [0.2, 0.25) is 5.91 Å². The molecular weight excluding hydrogens is 280 g/mol. The van der Waals surface area contributed by atoms with Gasteiger partial charge in [0.25, 0.3) is 0 Å². The molecular formula is C16H20N4O2. The molecule has 0 radical (unpaired) electrons. The number of methoxy groups -OCH3 is 1. The van der Waals surface area contributed by atoms with Crippen LogP contribution in [0.25, 0.3) is 0 Å². The lowest BCUT2D eigenvalue weighted by atomic mass is 9.89. The van der Waals surface area contributed by atoms with Crippen LogP contribution in [0.2, 0.25) is 0 Å². The molecule has 1 aliphatic rings. The van der Waals surface area contributed by atoms with Crippen molar-refractivity contribution in [3.63, 3.8) is 0 Å². The maximum absolute atomic E-state index is 12.4. The van der Waals surface area contributed by atoms with Crippen LogP contribution in [0.1, 0.15) is 36.3 Å². The van der Waals surface area contributed by atoms with Gasteiger partial charge < -0.3 is 10.1 Å². The van der Waals surface area contributed by atoms with Gasteiger partial charge in [0.05, 0.1) is 24.5 Å². The first-order valence-electron chi connectivity index (χ1n) is 7.50. The lowest BCUT2D eigenvalue weighted by Crippen LogP contribution is -2.35. The van der Waals surface area contributed by atoms with Gasteiger partial charge in [-0.05, 0) is 37.5 Å². The zero-order valence-corrected chi connectivity index (χ0v) is 12.8. The van der Waals surface area contributed by atoms with Crippen LogP contribution in [0.3, 0.4) is 0 Å². The highest BCUT2D eigenvalue weighted by atomic mass is 16.5. The molecule has 0 spiro atoms. The molecule has 1 aromatic carbocycles. The van der Waals surface area contributed by atoms with E-state index in [1.807, 2.05) is 31.2 Å². The van der Waals surface area contributed by atoms with Crippen LogP contribution in [0.5, 0.6) is 5.75 Å². The third kappa shape index (κ3) is 2.95. The fraction of sp³-hybridized carbons (Fsp3) is 0.438. The minimum Gasteiger partial charge on any atom is -0.497 e. The van der Waals surface area contributed by atoms with E-state index in [2.05, 4.69) is 20.7 Å². The van der Waals surface area contributed by atoms with E-state index in [0.29, 0.717) is 6.42 Å². The molecule has 6 heteroatoms. The van der Waals surface area contributed by atoms with Gasteiger partial charge in [-0.2, -0.15) is 15.4 Å². The minimum atomic E-state index is -0.0305. The van der Waals surface area contributed by atoms with Gasteiger partial charge in [0.1, 0.15) is 5.75 Å². The molecule has 0 bridgehead atoms. The molecule has 22 heavy (non-hydrogen) atoms. The van der Waals surface area contributed by atoms with E-state index < -0.39 is 0 Å². The van der Waals surface area contributed by atoms with Crippen molar-refractivity contribution in [3.8, 4) is 5.75 Å². The highest BCUT2D eigenvalue weighted by Crippen LogP contribution is 2.24. The fourth-order valence-electron chi connectivity index (χ4n) is 2.82. The topological polar surface area (TPSA) is 79.9 Å². The van der Waals surface area contributed by atoms with Crippen molar-refractivity contribution in [2.45, 2.75) is 32.2 Å². The fourth-order valence-corrected chi connectivity index (χ4v) is 2.82. The Morgan fingerprint density at radius 2 is 2.05 bits per heavy atom. The lowest BCUT2D eigenvalue weighted by molar-refractivity contribution is -0.126. The third-order valence-corrected chi connectivity index (χ3v) is 4.22. The molecule has 0 saturated heterocycles. The highest BCUT2D eigenvalue weighted by molar-refractivity contribution is 5.79. The van der Waals surface area contributed by atoms with Crippen molar-refractivity contribution in [1.82, 2.24) is 20.7 Å². The largest absolute Gasteiger partial charge is 0.497 e. The highest BCUT2D eigenvalue weighted by Gasteiger charge is 2.27. The van der Waals surface area contributed by atoms with Crippen LogP contribution in [0, 0.1) is 5.92 Å². The van der Waals surface area contributed by atoms with Crippen LogP contribution >= 0.6 is 0 Å². The first kappa shape index (κ1) is 14.6. The molecule has 1 heterocycles. The summed E-state index contributed by atoms with van der Waals surface area (Å²) in [6, 6.07) is 7.72. The molecule has 2 atom stereocenters. The Balaban J connectivity index is 1.61. The van der Waals surface area contributed by atoms with E-state index in [-0.39, 0.29) is 17.9 Å². The number of carbonyl (C=O) groups excluding carboxylic acids is 1. The zero-order valence-electron chi connectivity index (χ0n) is 12.8. The van der Waals surface area contributed by atoms with Crippen LogP contribution in [0.15, 0.2) is 24.3 Å². The number of nitrogens with one attached hydrogen (secondary N) is 2. The van der Waals surface area contributed by atoms with Gasteiger partial charge in [0.15, 0.2) is 0 Å². The number of nitrogens with zero attached hydrogens (tertiary/aromatic N) is 2. The zero-order chi connectivity index (χ0) is 15.5. The molecule has 0 saturated carbocycles. The summed E-state index contributed by atoms with van der Waals surface area (Å²) in [7, 11) is 1.64. The Labute approximate surface area is 129 Å². The molecule has 1 aliphatic carbocycles. The van der Waals surface area contributed by atoms with E-state index in [0.717, 1.165) is 35.5 Å². The number of hydrogen-bond acceptors (Lipinski definition) is 4. The molecule has 3 rings (SSSR count). The van der Waals surface area contributed by atoms with Crippen LogP contribution in [0.4, 0.5) is 0 Å². The predicted octanol–water partition coefficient (Wildman–Crippen LogP) is 1.80. The normalized spacial score (nSPS) is 18.4. The molecule has 2 aromatic rings. The third-order valence-electron chi connectivity index (χ3n) is 4.22. The second-order valence-corrected chi connectivity index (χ2v) is 5.66. The number of amides is 1. The Morgan fingerprint density at radius 3 is 2.77 bits per heavy atom.